The molecule has 4 rings (SSSR count). The zero-order valence-corrected chi connectivity index (χ0v) is 19.8. The number of aryl methyl sites for hydroxylation is 1. The van der Waals surface area contributed by atoms with E-state index in [1.165, 1.54) is 0 Å². The van der Waals surface area contributed by atoms with Crippen LogP contribution >= 0.6 is 27.5 Å². The monoisotopic (exact) mass is 524 g/mol. The van der Waals surface area contributed by atoms with Gasteiger partial charge in [-0.05, 0) is 72.6 Å². The molecule has 166 valence electrons. The number of anilines is 2. The number of imide groups is 1. The quantitative estimate of drug-likeness (QED) is 0.255. The van der Waals surface area contributed by atoms with Gasteiger partial charge in [-0.15, -0.1) is 0 Å². The molecule has 0 radical (unpaired) electrons. The summed E-state index contributed by atoms with van der Waals surface area (Å²) in [4.78, 5) is 38.9. The van der Waals surface area contributed by atoms with Crippen LogP contribution in [-0.2, 0) is 16.0 Å². The molecule has 0 aliphatic carbocycles. The van der Waals surface area contributed by atoms with E-state index in [0.29, 0.717) is 22.7 Å². The van der Waals surface area contributed by atoms with Gasteiger partial charge in [0.25, 0.3) is 11.8 Å². The fourth-order valence-electron chi connectivity index (χ4n) is 3.26. The molecule has 1 aliphatic heterocycles. The molecule has 3 aromatic carbocycles. The summed E-state index contributed by atoms with van der Waals surface area (Å²) >= 11 is 9.49. The summed E-state index contributed by atoms with van der Waals surface area (Å²) in [6.45, 7) is 2.02. The van der Waals surface area contributed by atoms with Crippen LogP contribution in [0.5, 0.6) is 5.75 Å². The maximum absolute atomic E-state index is 12.9. The summed E-state index contributed by atoms with van der Waals surface area (Å²) in [7, 11) is 0. The largest absolute Gasteiger partial charge is 0.423 e. The minimum atomic E-state index is -0.610. The molecule has 33 heavy (non-hydrogen) atoms. The lowest BCUT2D eigenvalue weighted by Gasteiger charge is -2.15. The maximum Gasteiger partial charge on any atom is 0.343 e. The Morgan fingerprint density at radius 1 is 1.00 bits per heavy atom. The van der Waals surface area contributed by atoms with Crippen LogP contribution in [0.25, 0.3) is 0 Å². The van der Waals surface area contributed by atoms with E-state index in [-0.39, 0.29) is 10.7 Å². The topological polar surface area (TPSA) is 75.7 Å². The molecule has 0 saturated carbocycles. The van der Waals surface area contributed by atoms with Gasteiger partial charge >= 0.3 is 5.97 Å². The van der Waals surface area contributed by atoms with Gasteiger partial charge in [-0.25, -0.2) is 9.69 Å². The van der Waals surface area contributed by atoms with Gasteiger partial charge in [0.05, 0.1) is 11.3 Å². The summed E-state index contributed by atoms with van der Waals surface area (Å²) in [5.41, 5.74) is 2.28. The van der Waals surface area contributed by atoms with Crippen molar-refractivity contribution in [2.24, 2.45) is 0 Å². The van der Waals surface area contributed by atoms with E-state index in [9.17, 15) is 14.4 Å². The van der Waals surface area contributed by atoms with Gasteiger partial charge in [0.1, 0.15) is 16.5 Å². The van der Waals surface area contributed by atoms with E-state index < -0.39 is 17.8 Å². The molecule has 6 nitrogen and oxygen atoms in total. The number of esters is 1. The normalized spacial score (nSPS) is 13.5. The highest BCUT2D eigenvalue weighted by atomic mass is 79.9. The molecule has 0 fully saturated rings. The van der Waals surface area contributed by atoms with Crippen LogP contribution in [-0.4, -0.2) is 17.8 Å². The van der Waals surface area contributed by atoms with Gasteiger partial charge < -0.3 is 10.1 Å². The predicted molar refractivity (Wildman–Crippen MR) is 130 cm³/mol. The van der Waals surface area contributed by atoms with Crippen LogP contribution in [0, 0.1) is 0 Å². The summed E-state index contributed by atoms with van der Waals surface area (Å²) in [6.07, 6.45) is 0.838. The summed E-state index contributed by atoms with van der Waals surface area (Å²) in [6, 6.07) is 20.4. The predicted octanol–water partition coefficient (Wildman–Crippen LogP) is 5.67. The van der Waals surface area contributed by atoms with E-state index in [0.717, 1.165) is 21.4 Å². The standard InChI is InChI=1S/C25H18BrClN2O4/c1-2-15-4-3-5-20(14-15)33-25(32)16-6-10-18(11-7-16)28-22-21(27)23(30)29(24(22)31)19-12-8-17(26)9-13-19/h3-14,28H,2H2,1H3. The van der Waals surface area contributed by atoms with Crippen molar-refractivity contribution in [2.45, 2.75) is 13.3 Å². The van der Waals surface area contributed by atoms with Crippen LogP contribution < -0.4 is 15.0 Å². The van der Waals surface area contributed by atoms with Crippen molar-refractivity contribution < 1.29 is 19.1 Å². The fourth-order valence-corrected chi connectivity index (χ4v) is 3.74. The van der Waals surface area contributed by atoms with Crippen LogP contribution in [0.4, 0.5) is 11.4 Å². The fraction of sp³-hybridized carbons (Fsp3) is 0.0800. The summed E-state index contributed by atoms with van der Waals surface area (Å²) in [5.74, 6) is -1.20. The van der Waals surface area contributed by atoms with Crippen molar-refractivity contribution in [3.8, 4) is 5.75 Å². The number of halogens is 2. The van der Waals surface area contributed by atoms with Crippen molar-refractivity contribution >= 4 is 56.7 Å². The lowest BCUT2D eigenvalue weighted by atomic mass is 10.1. The molecule has 0 spiro atoms. The van der Waals surface area contributed by atoms with Crippen molar-refractivity contribution in [1.29, 1.82) is 0 Å². The molecule has 0 bridgehead atoms. The number of hydrogen-bond donors (Lipinski definition) is 1. The molecule has 1 N–H and O–H groups in total. The third-order valence-corrected chi connectivity index (χ3v) is 5.90. The van der Waals surface area contributed by atoms with Crippen LogP contribution in [0.15, 0.2) is 88.0 Å². The minimum Gasteiger partial charge on any atom is -0.423 e. The molecule has 1 aliphatic rings. The first-order valence-electron chi connectivity index (χ1n) is 10.1. The Morgan fingerprint density at radius 2 is 1.70 bits per heavy atom. The molecule has 0 atom stereocenters. The Balaban J connectivity index is 1.47. The average molecular weight is 526 g/mol. The van der Waals surface area contributed by atoms with Gasteiger partial charge in [-0.3, -0.25) is 9.59 Å². The Labute approximate surface area is 203 Å². The molecule has 0 saturated heterocycles. The highest BCUT2D eigenvalue weighted by Gasteiger charge is 2.38. The van der Waals surface area contributed by atoms with Gasteiger partial charge in [0.15, 0.2) is 0 Å². The van der Waals surface area contributed by atoms with Gasteiger partial charge in [0.2, 0.25) is 0 Å². The molecule has 1 heterocycles. The molecule has 0 aromatic heterocycles. The average Bonchev–Trinajstić information content (AvgIpc) is 3.03. The lowest BCUT2D eigenvalue weighted by molar-refractivity contribution is -0.120. The number of ether oxygens (including phenoxy) is 1. The van der Waals surface area contributed by atoms with Crippen LogP contribution in [0.3, 0.4) is 0 Å². The molecular formula is C25H18BrClN2O4. The van der Waals surface area contributed by atoms with E-state index >= 15 is 0 Å². The summed E-state index contributed by atoms with van der Waals surface area (Å²) < 4.78 is 6.26. The number of benzene rings is 3. The first-order chi connectivity index (χ1) is 15.9. The SMILES string of the molecule is CCc1cccc(OC(=O)c2ccc(NC3=C(Cl)C(=O)N(c4ccc(Br)cc4)C3=O)cc2)c1. The zero-order valence-electron chi connectivity index (χ0n) is 17.5. The third-order valence-electron chi connectivity index (χ3n) is 5.02. The van der Waals surface area contributed by atoms with Gasteiger partial charge in [0, 0.05) is 10.2 Å². The molecular weight excluding hydrogens is 508 g/mol. The summed E-state index contributed by atoms with van der Waals surface area (Å²) in [5, 5.41) is 2.68. The number of hydrogen-bond acceptors (Lipinski definition) is 5. The van der Waals surface area contributed by atoms with Crippen LogP contribution in [0.1, 0.15) is 22.8 Å². The first-order valence-corrected chi connectivity index (χ1v) is 11.3. The van der Waals surface area contributed by atoms with Gasteiger partial charge in [-0.2, -0.15) is 0 Å². The smallest absolute Gasteiger partial charge is 0.343 e. The number of nitrogens with zero attached hydrogens (tertiary/aromatic N) is 1. The second-order valence-corrected chi connectivity index (χ2v) is 8.50. The molecule has 0 unspecified atom stereocenters. The number of rotatable bonds is 6. The van der Waals surface area contributed by atoms with E-state index in [1.54, 1.807) is 54.6 Å². The number of carbonyl (C=O) groups excluding carboxylic acids is 3. The Morgan fingerprint density at radius 3 is 2.36 bits per heavy atom. The highest BCUT2D eigenvalue weighted by Crippen LogP contribution is 2.31. The van der Waals surface area contributed by atoms with Crippen LogP contribution in [0.2, 0.25) is 0 Å². The Kier molecular flexibility index (Phi) is 6.62. The van der Waals surface area contributed by atoms with Crippen molar-refractivity contribution in [2.75, 3.05) is 10.2 Å². The van der Waals surface area contributed by atoms with Crippen molar-refractivity contribution in [1.82, 2.24) is 0 Å². The molecule has 3 aromatic rings. The van der Waals surface area contributed by atoms with E-state index in [1.807, 2.05) is 25.1 Å². The van der Waals surface area contributed by atoms with Crippen molar-refractivity contribution in [3.05, 3.63) is 99.1 Å². The highest BCUT2D eigenvalue weighted by molar-refractivity contribution is 9.10. The second-order valence-electron chi connectivity index (χ2n) is 7.20. The second kappa shape index (κ2) is 9.60. The zero-order chi connectivity index (χ0) is 23.5. The lowest BCUT2D eigenvalue weighted by Crippen LogP contribution is -2.32. The van der Waals surface area contributed by atoms with Gasteiger partial charge in [-0.1, -0.05) is 46.6 Å². The number of carbonyl (C=O) groups is 3. The Bertz CT molecular complexity index is 1270. The molecule has 8 heteroatoms. The number of nitrogens with one attached hydrogen (secondary N) is 1. The van der Waals surface area contributed by atoms with Crippen molar-refractivity contribution in [3.63, 3.8) is 0 Å². The maximum atomic E-state index is 12.9. The molecule has 2 amide bonds. The van der Waals surface area contributed by atoms with E-state index in [4.69, 9.17) is 16.3 Å². The number of amides is 2. The minimum absolute atomic E-state index is 0.0312. The van der Waals surface area contributed by atoms with E-state index in [2.05, 4.69) is 21.2 Å². The third kappa shape index (κ3) is 4.84. The first kappa shape index (κ1) is 22.8. The Hall–Kier alpha value is -3.42.